The summed E-state index contributed by atoms with van der Waals surface area (Å²) in [4.78, 5) is 13.7. The van der Waals surface area contributed by atoms with Crippen LogP contribution in [0.2, 0.25) is 0 Å². The van der Waals surface area contributed by atoms with Crippen LogP contribution < -0.4 is 9.64 Å². The summed E-state index contributed by atoms with van der Waals surface area (Å²) in [6, 6.07) is 4.36. The number of anilines is 1. The lowest BCUT2D eigenvalue weighted by molar-refractivity contribution is 0.112. The standard InChI is InChI=1S/C18H25NO2/c1-7-13(3)19-16-9-17(21-6)14(11-20)8-15(16)12(2)10-18(19,4)5/h8-11,13H,7H2,1-6H3. The van der Waals surface area contributed by atoms with Gasteiger partial charge in [0.1, 0.15) is 5.75 Å². The largest absolute Gasteiger partial charge is 0.496 e. The van der Waals surface area contributed by atoms with Crippen LogP contribution in [0.1, 0.15) is 57.0 Å². The van der Waals surface area contributed by atoms with E-state index in [1.807, 2.05) is 12.1 Å². The number of hydrogen-bond acceptors (Lipinski definition) is 3. The molecule has 0 saturated heterocycles. The molecule has 1 aliphatic rings. The molecule has 1 aromatic rings. The van der Waals surface area contributed by atoms with Gasteiger partial charge in [-0.1, -0.05) is 13.0 Å². The van der Waals surface area contributed by atoms with Crippen LogP contribution in [-0.2, 0) is 0 Å². The van der Waals surface area contributed by atoms with E-state index in [-0.39, 0.29) is 5.54 Å². The van der Waals surface area contributed by atoms with E-state index in [1.54, 1.807) is 7.11 Å². The van der Waals surface area contributed by atoms with Gasteiger partial charge in [0.05, 0.1) is 18.2 Å². The van der Waals surface area contributed by atoms with Crippen molar-refractivity contribution in [2.75, 3.05) is 12.0 Å². The Morgan fingerprint density at radius 2 is 2.05 bits per heavy atom. The molecule has 1 atom stereocenters. The zero-order valence-corrected chi connectivity index (χ0v) is 13.9. The smallest absolute Gasteiger partial charge is 0.153 e. The monoisotopic (exact) mass is 287 g/mol. The Kier molecular flexibility index (Phi) is 4.13. The Hall–Kier alpha value is -1.77. The molecule has 0 fully saturated rings. The summed E-state index contributed by atoms with van der Waals surface area (Å²) in [5.74, 6) is 0.641. The number of aldehydes is 1. The first kappa shape index (κ1) is 15.6. The minimum Gasteiger partial charge on any atom is -0.496 e. The Balaban J connectivity index is 2.71. The Bertz CT molecular complexity index is 587. The third-order valence-electron chi connectivity index (χ3n) is 4.38. The maximum absolute atomic E-state index is 11.3. The molecule has 2 rings (SSSR count). The van der Waals surface area contributed by atoms with Gasteiger partial charge in [-0.05, 0) is 45.8 Å². The number of rotatable bonds is 4. The van der Waals surface area contributed by atoms with Gasteiger partial charge in [0.2, 0.25) is 0 Å². The van der Waals surface area contributed by atoms with Crippen molar-refractivity contribution in [3.63, 3.8) is 0 Å². The summed E-state index contributed by atoms with van der Waals surface area (Å²) in [5.41, 5.74) is 4.03. The Morgan fingerprint density at radius 3 is 2.57 bits per heavy atom. The van der Waals surface area contributed by atoms with Crippen LogP contribution >= 0.6 is 0 Å². The fraction of sp³-hybridized carbons (Fsp3) is 0.500. The van der Waals surface area contributed by atoms with Crippen LogP contribution in [0.5, 0.6) is 5.75 Å². The second-order valence-electron chi connectivity index (χ2n) is 6.34. The number of methoxy groups -OCH3 is 1. The van der Waals surface area contributed by atoms with Gasteiger partial charge in [-0.25, -0.2) is 0 Å². The van der Waals surface area contributed by atoms with E-state index in [1.165, 1.54) is 5.57 Å². The number of allylic oxidation sites excluding steroid dienone is 1. The average Bonchev–Trinajstić information content (AvgIpc) is 2.44. The van der Waals surface area contributed by atoms with Crippen molar-refractivity contribution in [1.29, 1.82) is 0 Å². The minimum absolute atomic E-state index is 0.0553. The normalized spacial score (nSPS) is 17.8. The molecule has 1 unspecified atom stereocenters. The zero-order valence-electron chi connectivity index (χ0n) is 13.9. The molecule has 0 N–H and O–H groups in total. The summed E-state index contributed by atoms with van der Waals surface area (Å²) in [5, 5.41) is 0. The van der Waals surface area contributed by atoms with E-state index in [2.05, 4.69) is 45.6 Å². The predicted molar refractivity (Wildman–Crippen MR) is 88.3 cm³/mol. The van der Waals surface area contributed by atoms with E-state index >= 15 is 0 Å². The maximum Gasteiger partial charge on any atom is 0.153 e. The average molecular weight is 287 g/mol. The Labute approximate surface area is 127 Å². The molecular formula is C18H25NO2. The van der Waals surface area contributed by atoms with Crippen LogP contribution in [-0.4, -0.2) is 25.0 Å². The summed E-state index contributed by atoms with van der Waals surface area (Å²) >= 11 is 0. The lowest BCUT2D eigenvalue weighted by Gasteiger charge is -2.47. The van der Waals surface area contributed by atoms with E-state index in [0.717, 1.165) is 24.0 Å². The van der Waals surface area contributed by atoms with Gasteiger partial charge < -0.3 is 9.64 Å². The number of benzene rings is 1. The van der Waals surface area contributed by atoms with Crippen LogP contribution in [0.25, 0.3) is 5.57 Å². The van der Waals surface area contributed by atoms with Gasteiger partial charge in [-0.3, -0.25) is 4.79 Å². The van der Waals surface area contributed by atoms with Gasteiger partial charge >= 0.3 is 0 Å². The summed E-state index contributed by atoms with van der Waals surface area (Å²) in [6.45, 7) is 11.0. The summed E-state index contributed by atoms with van der Waals surface area (Å²) < 4.78 is 5.39. The Morgan fingerprint density at radius 1 is 1.38 bits per heavy atom. The highest BCUT2D eigenvalue weighted by Gasteiger charge is 2.34. The number of fused-ring (bicyclic) bond motifs is 1. The molecule has 21 heavy (non-hydrogen) atoms. The van der Waals surface area contributed by atoms with E-state index in [9.17, 15) is 4.79 Å². The van der Waals surface area contributed by atoms with Crippen LogP contribution in [0.15, 0.2) is 18.2 Å². The van der Waals surface area contributed by atoms with Crippen molar-refractivity contribution in [2.45, 2.75) is 52.6 Å². The first-order chi connectivity index (χ1) is 9.85. The zero-order chi connectivity index (χ0) is 15.8. The molecule has 0 saturated carbocycles. The summed E-state index contributed by atoms with van der Waals surface area (Å²) in [6.07, 6.45) is 4.20. The van der Waals surface area contributed by atoms with Crippen LogP contribution in [0.3, 0.4) is 0 Å². The van der Waals surface area contributed by atoms with E-state index in [4.69, 9.17) is 4.74 Å². The maximum atomic E-state index is 11.3. The number of hydrogen-bond donors (Lipinski definition) is 0. The highest BCUT2D eigenvalue weighted by molar-refractivity contribution is 5.89. The molecule has 0 aliphatic carbocycles. The molecule has 114 valence electrons. The van der Waals surface area contributed by atoms with Gasteiger partial charge in [0.25, 0.3) is 0 Å². The SMILES string of the molecule is CCC(C)N1c2cc(OC)c(C=O)cc2C(C)=CC1(C)C. The van der Waals surface area contributed by atoms with Crippen molar-refractivity contribution in [1.82, 2.24) is 0 Å². The van der Waals surface area contributed by atoms with E-state index in [0.29, 0.717) is 17.4 Å². The van der Waals surface area contributed by atoms with Crippen molar-refractivity contribution >= 4 is 17.5 Å². The molecule has 1 heterocycles. The third-order valence-corrected chi connectivity index (χ3v) is 4.38. The molecule has 0 radical (unpaired) electrons. The fourth-order valence-corrected chi connectivity index (χ4v) is 3.35. The minimum atomic E-state index is -0.0553. The first-order valence-electron chi connectivity index (χ1n) is 7.52. The number of carbonyl (C=O) groups excluding carboxylic acids is 1. The second kappa shape index (κ2) is 5.55. The quantitative estimate of drug-likeness (QED) is 0.773. The molecular weight excluding hydrogens is 262 g/mol. The predicted octanol–water partition coefficient (Wildman–Crippen LogP) is 4.31. The third kappa shape index (κ3) is 2.57. The van der Waals surface area contributed by atoms with Gasteiger partial charge in [0.15, 0.2) is 6.29 Å². The fourth-order valence-electron chi connectivity index (χ4n) is 3.35. The van der Waals surface area contributed by atoms with Crippen molar-refractivity contribution in [3.05, 3.63) is 29.3 Å². The van der Waals surface area contributed by atoms with Gasteiger partial charge in [-0.15, -0.1) is 0 Å². The molecule has 1 aliphatic heterocycles. The second-order valence-corrected chi connectivity index (χ2v) is 6.34. The van der Waals surface area contributed by atoms with Crippen LogP contribution in [0.4, 0.5) is 5.69 Å². The molecule has 1 aromatic carbocycles. The number of carbonyl (C=O) groups is 1. The lowest BCUT2D eigenvalue weighted by Crippen LogP contribution is -2.50. The van der Waals surface area contributed by atoms with Crippen LogP contribution in [0, 0.1) is 0 Å². The molecule has 3 heteroatoms. The van der Waals surface area contributed by atoms with Crippen molar-refractivity contribution < 1.29 is 9.53 Å². The highest BCUT2D eigenvalue weighted by atomic mass is 16.5. The molecule has 0 aromatic heterocycles. The molecule has 0 amide bonds. The highest BCUT2D eigenvalue weighted by Crippen LogP contribution is 2.43. The van der Waals surface area contributed by atoms with Crippen molar-refractivity contribution in [2.24, 2.45) is 0 Å². The van der Waals surface area contributed by atoms with Gasteiger partial charge in [0, 0.05) is 23.4 Å². The molecule has 3 nitrogen and oxygen atoms in total. The number of nitrogens with zero attached hydrogens (tertiary/aromatic N) is 1. The van der Waals surface area contributed by atoms with E-state index < -0.39 is 0 Å². The molecule has 0 bridgehead atoms. The number of ether oxygens (including phenoxy) is 1. The van der Waals surface area contributed by atoms with Crippen molar-refractivity contribution in [3.8, 4) is 5.75 Å². The topological polar surface area (TPSA) is 29.5 Å². The lowest BCUT2D eigenvalue weighted by atomic mass is 9.86. The van der Waals surface area contributed by atoms with Gasteiger partial charge in [-0.2, -0.15) is 0 Å². The first-order valence-corrected chi connectivity index (χ1v) is 7.52. The molecule has 0 spiro atoms. The summed E-state index contributed by atoms with van der Waals surface area (Å²) in [7, 11) is 1.61.